The number of rotatable bonds is 7. The van der Waals surface area contributed by atoms with Crippen LogP contribution in [-0.4, -0.2) is 47.8 Å². The highest BCUT2D eigenvalue weighted by molar-refractivity contribution is 5.76. The Morgan fingerprint density at radius 3 is 2.43 bits per heavy atom. The summed E-state index contributed by atoms with van der Waals surface area (Å²) in [6, 6.07) is 0.0699. The van der Waals surface area contributed by atoms with Gasteiger partial charge in [0, 0.05) is 19.6 Å². The van der Waals surface area contributed by atoms with Gasteiger partial charge in [-0.2, -0.15) is 0 Å². The van der Waals surface area contributed by atoms with Gasteiger partial charge in [0.05, 0.1) is 23.9 Å². The molecule has 1 fully saturated rings. The van der Waals surface area contributed by atoms with Crippen LogP contribution in [0.1, 0.15) is 67.2 Å². The van der Waals surface area contributed by atoms with E-state index < -0.39 is 0 Å². The second-order valence-corrected chi connectivity index (χ2v) is 7.16. The number of carbonyl (C=O) groups excluding carboxylic acids is 1. The topological polar surface area (TPSA) is 38.8 Å². The fraction of sp³-hybridized carbons (Fsp3) is 0.941. The third-order valence-electron chi connectivity index (χ3n) is 4.41. The van der Waals surface area contributed by atoms with E-state index in [1.807, 2.05) is 25.7 Å². The Morgan fingerprint density at radius 1 is 1.14 bits per heavy atom. The number of likely N-dealkylation sites (tertiary alicyclic amines) is 1. The number of ether oxygens (including phenoxy) is 2. The largest absolute Gasteiger partial charge is 0.373 e. The van der Waals surface area contributed by atoms with Crippen molar-refractivity contribution in [1.82, 2.24) is 4.90 Å². The van der Waals surface area contributed by atoms with E-state index in [0.717, 1.165) is 25.8 Å². The van der Waals surface area contributed by atoms with Gasteiger partial charge in [-0.05, 0) is 54.4 Å². The molecule has 1 atom stereocenters. The minimum Gasteiger partial charge on any atom is -0.373 e. The summed E-state index contributed by atoms with van der Waals surface area (Å²) in [7, 11) is 0. The Balaban J connectivity index is 2.64. The number of hydrogen-bond acceptors (Lipinski definition) is 3. The van der Waals surface area contributed by atoms with E-state index in [9.17, 15) is 4.79 Å². The molecule has 0 spiro atoms. The lowest BCUT2D eigenvalue weighted by Crippen LogP contribution is -2.52. The van der Waals surface area contributed by atoms with Gasteiger partial charge in [0.2, 0.25) is 5.91 Å². The summed E-state index contributed by atoms with van der Waals surface area (Å²) in [4.78, 5) is 14.3. The first-order valence-electron chi connectivity index (χ1n) is 8.27. The Kier molecular flexibility index (Phi) is 6.67. The molecular weight excluding hydrogens is 266 g/mol. The highest BCUT2D eigenvalue weighted by Crippen LogP contribution is 2.25. The maximum absolute atomic E-state index is 12.3. The fourth-order valence-corrected chi connectivity index (χ4v) is 2.70. The van der Waals surface area contributed by atoms with Gasteiger partial charge in [0.15, 0.2) is 0 Å². The predicted molar refractivity (Wildman–Crippen MR) is 85.4 cm³/mol. The molecule has 0 aromatic heterocycles. The first-order valence-corrected chi connectivity index (χ1v) is 8.27. The molecule has 1 amide bonds. The van der Waals surface area contributed by atoms with Crippen LogP contribution < -0.4 is 0 Å². The molecule has 1 aliphatic rings. The van der Waals surface area contributed by atoms with E-state index in [-0.39, 0.29) is 23.2 Å². The van der Waals surface area contributed by atoms with Crippen LogP contribution in [0, 0.1) is 0 Å². The molecule has 4 nitrogen and oxygen atoms in total. The molecular formula is C17H33NO3. The Bertz CT molecular complexity index is 339. The van der Waals surface area contributed by atoms with Crippen LogP contribution >= 0.6 is 0 Å². The zero-order chi connectivity index (χ0) is 16.1. The van der Waals surface area contributed by atoms with Crippen LogP contribution in [0.25, 0.3) is 0 Å². The molecule has 4 heteroatoms. The summed E-state index contributed by atoms with van der Waals surface area (Å²) in [6.07, 6.45) is 3.93. The SMILES string of the molecule is CCOC(C)(C)COC(C)(C)C(C)N1CCCCCC1=O. The molecule has 0 radical (unpaired) electrons. The number of carbonyl (C=O) groups is 1. The summed E-state index contributed by atoms with van der Waals surface area (Å²) in [5.74, 6) is 0.265. The molecule has 0 aliphatic carbocycles. The van der Waals surface area contributed by atoms with Crippen molar-refractivity contribution in [3.8, 4) is 0 Å². The van der Waals surface area contributed by atoms with Gasteiger partial charge in [0.25, 0.3) is 0 Å². The number of amides is 1. The van der Waals surface area contributed by atoms with Crippen LogP contribution in [0.5, 0.6) is 0 Å². The predicted octanol–water partition coefficient (Wildman–Crippen LogP) is 3.39. The van der Waals surface area contributed by atoms with Crippen molar-refractivity contribution < 1.29 is 14.3 Å². The molecule has 0 saturated carbocycles. The minimum atomic E-state index is -0.381. The molecule has 0 aromatic rings. The summed E-state index contributed by atoms with van der Waals surface area (Å²) in [5, 5.41) is 0. The summed E-state index contributed by atoms with van der Waals surface area (Å²) in [5.41, 5.74) is -0.678. The normalized spacial score (nSPS) is 19.5. The Hall–Kier alpha value is -0.610. The molecule has 0 bridgehead atoms. The van der Waals surface area contributed by atoms with Crippen LogP contribution in [0.4, 0.5) is 0 Å². The van der Waals surface area contributed by atoms with Crippen LogP contribution in [0.3, 0.4) is 0 Å². The zero-order valence-electron chi connectivity index (χ0n) is 14.7. The Labute approximate surface area is 130 Å². The first kappa shape index (κ1) is 18.4. The van der Waals surface area contributed by atoms with E-state index >= 15 is 0 Å². The van der Waals surface area contributed by atoms with Crippen molar-refractivity contribution in [2.24, 2.45) is 0 Å². The van der Waals surface area contributed by atoms with Crippen molar-refractivity contribution in [2.75, 3.05) is 19.8 Å². The van der Waals surface area contributed by atoms with Gasteiger partial charge >= 0.3 is 0 Å². The maximum atomic E-state index is 12.3. The van der Waals surface area contributed by atoms with Crippen LogP contribution in [0.2, 0.25) is 0 Å². The molecule has 1 unspecified atom stereocenters. The highest BCUT2D eigenvalue weighted by Gasteiger charge is 2.36. The lowest BCUT2D eigenvalue weighted by molar-refractivity contribution is -0.153. The average Bonchev–Trinajstić information content (AvgIpc) is 2.60. The zero-order valence-corrected chi connectivity index (χ0v) is 14.7. The van der Waals surface area contributed by atoms with E-state index in [0.29, 0.717) is 19.6 Å². The number of hydrogen-bond donors (Lipinski definition) is 0. The van der Waals surface area contributed by atoms with Crippen molar-refractivity contribution in [2.45, 2.75) is 84.5 Å². The van der Waals surface area contributed by atoms with Crippen LogP contribution in [-0.2, 0) is 14.3 Å². The van der Waals surface area contributed by atoms with Gasteiger partial charge in [-0.1, -0.05) is 6.42 Å². The molecule has 1 heterocycles. The standard InChI is InChI=1S/C17H33NO3/c1-7-20-16(3,4)13-21-17(5,6)14(2)18-12-10-8-9-11-15(18)19/h14H,7-13H2,1-6H3. The summed E-state index contributed by atoms with van der Waals surface area (Å²) >= 11 is 0. The molecule has 1 rings (SSSR count). The third-order valence-corrected chi connectivity index (χ3v) is 4.41. The lowest BCUT2D eigenvalue weighted by atomic mass is 9.97. The van der Waals surface area contributed by atoms with Crippen molar-refractivity contribution >= 4 is 5.91 Å². The van der Waals surface area contributed by atoms with Crippen molar-refractivity contribution in [3.63, 3.8) is 0 Å². The third kappa shape index (κ3) is 5.59. The van der Waals surface area contributed by atoms with Crippen molar-refractivity contribution in [1.29, 1.82) is 0 Å². The van der Waals surface area contributed by atoms with Gasteiger partial charge < -0.3 is 14.4 Å². The van der Waals surface area contributed by atoms with E-state index in [1.54, 1.807) is 0 Å². The molecule has 0 N–H and O–H groups in total. The Morgan fingerprint density at radius 2 is 1.81 bits per heavy atom. The second kappa shape index (κ2) is 7.59. The molecule has 1 aliphatic heterocycles. The molecule has 21 heavy (non-hydrogen) atoms. The van der Waals surface area contributed by atoms with Gasteiger partial charge in [-0.15, -0.1) is 0 Å². The highest BCUT2D eigenvalue weighted by atomic mass is 16.6. The van der Waals surface area contributed by atoms with Gasteiger partial charge in [0.1, 0.15) is 0 Å². The summed E-state index contributed by atoms with van der Waals surface area (Å²) in [6.45, 7) is 14.3. The molecule has 0 aromatic carbocycles. The van der Waals surface area contributed by atoms with Gasteiger partial charge in [-0.25, -0.2) is 0 Å². The van der Waals surface area contributed by atoms with E-state index in [2.05, 4.69) is 20.8 Å². The minimum absolute atomic E-state index is 0.0699. The quantitative estimate of drug-likeness (QED) is 0.723. The average molecular weight is 299 g/mol. The fourth-order valence-electron chi connectivity index (χ4n) is 2.70. The number of nitrogens with zero attached hydrogens (tertiary/aromatic N) is 1. The lowest BCUT2D eigenvalue weighted by Gasteiger charge is -2.41. The summed E-state index contributed by atoms with van der Waals surface area (Å²) < 4.78 is 11.8. The van der Waals surface area contributed by atoms with Gasteiger partial charge in [-0.3, -0.25) is 4.79 Å². The second-order valence-electron chi connectivity index (χ2n) is 7.16. The van der Waals surface area contributed by atoms with E-state index in [1.165, 1.54) is 0 Å². The van der Waals surface area contributed by atoms with E-state index in [4.69, 9.17) is 9.47 Å². The molecule has 1 saturated heterocycles. The van der Waals surface area contributed by atoms with Crippen molar-refractivity contribution in [3.05, 3.63) is 0 Å². The monoisotopic (exact) mass is 299 g/mol. The van der Waals surface area contributed by atoms with Crippen LogP contribution in [0.15, 0.2) is 0 Å². The smallest absolute Gasteiger partial charge is 0.222 e. The molecule has 124 valence electrons. The first-order chi connectivity index (χ1) is 9.69. The maximum Gasteiger partial charge on any atom is 0.222 e.